The Kier molecular flexibility index (Phi) is 3.61. The van der Waals surface area contributed by atoms with Crippen molar-refractivity contribution in [3.8, 4) is 0 Å². The molecule has 0 spiro atoms. The molecule has 0 radical (unpaired) electrons. The molecule has 140 valence electrons. The Morgan fingerprint density at radius 3 is 1.79 bits per heavy atom. The first-order chi connectivity index (χ1) is 13.2. The van der Waals surface area contributed by atoms with Gasteiger partial charge in [-0.3, -0.25) is 0 Å². The van der Waals surface area contributed by atoms with Gasteiger partial charge in [0.2, 0.25) is 0 Å². The molecule has 0 aliphatic heterocycles. The molecule has 0 fully saturated rings. The van der Waals surface area contributed by atoms with E-state index in [0.717, 1.165) is 0 Å². The molecule has 0 heterocycles. The van der Waals surface area contributed by atoms with Crippen molar-refractivity contribution in [2.24, 2.45) is 0 Å². The summed E-state index contributed by atoms with van der Waals surface area (Å²) in [7, 11) is 0. The number of rotatable bonds is 4. The van der Waals surface area contributed by atoms with Crippen molar-refractivity contribution >= 4 is 45.4 Å². The van der Waals surface area contributed by atoms with Gasteiger partial charge in [-0.15, -0.1) is 0 Å². The number of hydrogen-bond donors (Lipinski definition) is 4. The first-order valence-corrected chi connectivity index (χ1v) is 8.24. The van der Waals surface area contributed by atoms with Gasteiger partial charge in [0.25, 0.3) is 0 Å². The minimum absolute atomic E-state index is 0.131. The van der Waals surface area contributed by atoms with Gasteiger partial charge in [0.1, 0.15) is 0 Å². The van der Waals surface area contributed by atoms with Crippen molar-refractivity contribution < 1.29 is 39.6 Å². The summed E-state index contributed by atoms with van der Waals surface area (Å²) < 4.78 is 0. The topological polar surface area (TPSA) is 149 Å². The minimum Gasteiger partial charge on any atom is -0.478 e. The molecule has 0 saturated heterocycles. The largest absolute Gasteiger partial charge is 0.478 e. The molecule has 8 heteroatoms. The molecule has 0 unspecified atom stereocenters. The van der Waals surface area contributed by atoms with Crippen molar-refractivity contribution in [3.63, 3.8) is 0 Å². The van der Waals surface area contributed by atoms with Gasteiger partial charge in [0.15, 0.2) is 0 Å². The van der Waals surface area contributed by atoms with Gasteiger partial charge in [-0.25, -0.2) is 19.2 Å². The van der Waals surface area contributed by atoms with Gasteiger partial charge in [-0.2, -0.15) is 0 Å². The number of aromatic carboxylic acids is 4. The highest BCUT2D eigenvalue weighted by atomic mass is 16.4. The fourth-order valence-corrected chi connectivity index (χ4v) is 4.02. The highest BCUT2D eigenvalue weighted by Gasteiger charge is 2.34. The van der Waals surface area contributed by atoms with Crippen LogP contribution in [-0.4, -0.2) is 44.3 Å². The van der Waals surface area contributed by atoms with Crippen LogP contribution >= 0.6 is 0 Å². The normalized spacial score (nSPS) is 12.4. The summed E-state index contributed by atoms with van der Waals surface area (Å²) >= 11 is 0. The van der Waals surface area contributed by atoms with E-state index < -0.39 is 40.6 Å². The lowest BCUT2D eigenvalue weighted by Crippen LogP contribution is -2.22. The SMILES string of the molecule is O=C(O)c1c2c(c3cc4cccc(C(=O)O)c4c(C(=O)O)c3c1C(=O)O)CC2. The van der Waals surface area contributed by atoms with Crippen LogP contribution in [0.3, 0.4) is 0 Å². The minimum atomic E-state index is -1.58. The smallest absolute Gasteiger partial charge is 0.337 e. The van der Waals surface area contributed by atoms with Crippen LogP contribution in [0, 0.1) is 0 Å². The molecule has 4 N–H and O–H groups in total. The Hall–Kier alpha value is -3.94. The molecule has 0 saturated carbocycles. The molecule has 1 aliphatic rings. The van der Waals surface area contributed by atoms with Gasteiger partial charge >= 0.3 is 23.9 Å². The lowest BCUT2D eigenvalue weighted by atomic mass is 9.76. The Morgan fingerprint density at radius 2 is 1.29 bits per heavy atom. The van der Waals surface area contributed by atoms with E-state index in [9.17, 15) is 39.6 Å². The van der Waals surface area contributed by atoms with Crippen molar-refractivity contribution in [2.75, 3.05) is 0 Å². The number of hydrogen-bond acceptors (Lipinski definition) is 4. The van der Waals surface area contributed by atoms with Gasteiger partial charge in [-0.1, -0.05) is 12.1 Å². The molecule has 0 amide bonds. The van der Waals surface area contributed by atoms with Gasteiger partial charge in [-0.05, 0) is 46.9 Å². The number of aryl methyl sites for hydroxylation is 1. The molecule has 3 aromatic rings. The third kappa shape index (κ3) is 2.18. The average Bonchev–Trinajstić information content (AvgIpc) is 2.57. The van der Waals surface area contributed by atoms with E-state index in [0.29, 0.717) is 34.7 Å². The van der Waals surface area contributed by atoms with Crippen LogP contribution in [0.25, 0.3) is 21.5 Å². The summed E-state index contributed by atoms with van der Waals surface area (Å²) in [5.41, 5.74) is -0.908. The van der Waals surface area contributed by atoms with Crippen LogP contribution in [-0.2, 0) is 12.8 Å². The molecular weight excluding hydrogens is 368 g/mol. The molecule has 0 atom stereocenters. The predicted octanol–water partition coefficient (Wildman–Crippen LogP) is 2.88. The fourth-order valence-electron chi connectivity index (χ4n) is 4.02. The van der Waals surface area contributed by atoms with E-state index in [-0.39, 0.29) is 16.3 Å². The lowest BCUT2D eigenvalue weighted by molar-refractivity contribution is 0.0650. The van der Waals surface area contributed by atoms with Crippen LogP contribution in [0.2, 0.25) is 0 Å². The van der Waals surface area contributed by atoms with Gasteiger partial charge in [0.05, 0.1) is 22.3 Å². The first-order valence-electron chi connectivity index (χ1n) is 8.24. The van der Waals surface area contributed by atoms with Gasteiger partial charge in [0, 0.05) is 10.8 Å². The first kappa shape index (κ1) is 17.5. The number of benzene rings is 3. The fraction of sp³-hybridized carbons (Fsp3) is 0.100. The van der Waals surface area contributed by atoms with Crippen molar-refractivity contribution in [1.82, 2.24) is 0 Å². The lowest BCUT2D eigenvalue weighted by Gasteiger charge is -2.27. The zero-order chi connectivity index (χ0) is 20.3. The third-order valence-electron chi connectivity index (χ3n) is 5.15. The molecule has 0 bridgehead atoms. The second-order valence-electron chi connectivity index (χ2n) is 6.51. The number of carboxylic acids is 4. The van der Waals surface area contributed by atoms with E-state index in [4.69, 9.17) is 0 Å². The predicted molar refractivity (Wildman–Crippen MR) is 96.7 cm³/mol. The maximum absolute atomic E-state index is 12.1. The molecule has 3 aromatic carbocycles. The van der Waals surface area contributed by atoms with Crippen LogP contribution < -0.4 is 0 Å². The van der Waals surface area contributed by atoms with Crippen LogP contribution in [0.4, 0.5) is 0 Å². The summed E-state index contributed by atoms with van der Waals surface area (Å²) in [5, 5.41) is 39.0. The molecule has 1 aliphatic carbocycles. The summed E-state index contributed by atoms with van der Waals surface area (Å²) in [6.45, 7) is 0. The average molecular weight is 380 g/mol. The van der Waals surface area contributed by atoms with E-state index in [1.54, 1.807) is 12.1 Å². The molecule has 0 aromatic heterocycles. The van der Waals surface area contributed by atoms with Crippen LogP contribution in [0.1, 0.15) is 52.6 Å². The monoisotopic (exact) mass is 380 g/mol. The maximum atomic E-state index is 12.1. The summed E-state index contributed by atoms with van der Waals surface area (Å²) in [4.78, 5) is 47.6. The summed E-state index contributed by atoms with van der Waals surface area (Å²) in [6, 6.07) is 5.78. The zero-order valence-corrected chi connectivity index (χ0v) is 14.1. The quantitative estimate of drug-likeness (QED) is 0.505. The molecule has 4 rings (SSSR count). The Bertz CT molecular complexity index is 1270. The Morgan fingerprint density at radius 1 is 0.679 bits per heavy atom. The molecular formula is C20H12O8. The van der Waals surface area contributed by atoms with E-state index in [1.165, 1.54) is 12.1 Å². The Labute approximate surface area is 156 Å². The van der Waals surface area contributed by atoms with Gasteiger partial charge < -0.3 is 20.4 Å². The number of carboxylic acid groups (broad SMARTS) is 4. The number of fused-ring (bicyclic) bond motifs is 4. The van der Waals surface area contributed by atoms with E-state index in [1.807, 2.05) is 0 Å². The Balaban J connectivity index is 2.40. The highest BCUT2D eigenvalue weighted by molar-refractivity contribution is 6.26. The van der Waals surface area contributed by atoms with Crippen molar-refractivity contribution in [2.45, 2.75) is 12.8 Å². The van der Waals surface area contributed by atoms with E-state index >= 15 is 0 Å². The van der Waals surface area contributed by atoms with Crippen molar-refractivity contribution in [1.29, 1.82) is 0 Å². The maximum Gasteiger partial charge on any atom is 0.337 e. The summed E-state index contributed by atoms with van der Waals surface area (Å²) in [5.74, 6) is -5.93. The number of carbonyl (C=O) groups is 4. The zero-order valence-electron chi connectivity index (χ0n) is 14.1. The second-order valence-corrected chi connectivity index (χ2v) is 6.51. The molecule has 8 nitrogen and oxygen atoms in total. The highest BCUT2D eigenvalue weighted by Crippen LogP contribution is 2.42. The third-order valence-corrected chi connectivity index (χ3v) is 5.15. The van der Waals surface area contributed by atoms with Crippen LogP contribution in [0.5, 0.6) is 0 Å². The standard InChI is InChI=1S/C20H12O8/c21-17(22)10-3-1-2-7-6-11-8-4-5-9(8)14(18(23)24)16(20(27)28)13(11)15(12(7)10)19(25)26/h1-3,6H,4-5H2,(H,21,22)(H,23,24)(H,25,26)(H,27,28). The molecule has 28 heavy (non-hydrogen) atoms. The summed E-state index contributed by atoms with van der Waals surface area (Å²) in [6.07, 6.45) is 0.859. The van der Waals surface area contributed by atoms with Crippen molar-refractivity contribution in [3.05, 3.63) is 57.6 Å². The van der Waals surface area contributed by atoms with Crippen LogP contribution in [0.15, 0.2) is 24.3 Å². The van der Waals surface area contributed by atoms with E-state index in [2.05, 4.69) is 0 Å². The second kappa shape index (κ2) is 5.78.